The molecule has 0 aliphatic carbocycles. The van der Waals surface area contributed by atoms with Crippen LogP contribution in [0.2, 0.25) is 0 Å². The molecule has 2 heterocycles. The number of anilines is 1. The minimum atomic E-state index is -0.367. The summed E-state index contributed by atoms with van der Waals surface area (Å²) in [6.07, 6.45) is 3.52. The van der Waals surface area contributed by atoms with Gasteiger partial charge in [0.2, 0.25) is 5.82 Å². The molecule has 0 bridgehead atoms. The highest BCUT2D eigenvalue weighted by atomic mass is 16.6. The molecule has 1 aromatic rings. The number of nitrogens with zero attached hydrogens (tertiary/aromatic N) is 3. The Morgan fingerprint density at radius 1 is 1.50 bits per heavy atom. The lowest BCUT2D eigenvalue weighted by Gasteiger charge is -2.39. The Balaban J connectivity index is 2.17. The third-order valence-corrected chi connectivity index (χ3v) is 3.73. The van der Waals surface area contributed by atoms with Gasteiger partial charge in [0, 0.05) is 30.9 Å². The maximum atomic E-state index is 11.0. The summed E-state index contributed by atoms with van der Waals surface area (Å²) in [4.78, 5) is 16.8. The summed E-state index contributed by atoms with van der Waals surface area (Å²) >= 11 is 0. The van der Waals surface area contributed by atoms with Crippen molar-refractivity contribution in [3.63, 3.8) is 0 Å². The van der Waals surface area contributed by atoms with Crippen molar-refractivity contribution in [3.8, 4) is 0 Å². The molecule has 0 aromatic carbocycles. The van der Waals surface area contributed by atoms with E-state index in [0.717, 1.165) is 25.9 Å². The molecule has 0 saturated carbocycles. The number of pyridine rings is 1. The Morgan fingerprint density at radius 2 is 2.17 bits per heavy atom. The topological polar surface area (TPSA) is 71.3 Å². The molecule has 1 aromatic heterocycles. The zero-order valence-corrected chi connectivity index (χ0v) is 10.7. The van der Waals surface area contributed by atoms with E-state index >= 15 is 0 Å². The summed E-state index contributed by atoms with van der Waals surface area (Å²) in [5.41, 5.74) is 0.214. The molecule has 2 rings (SSSR count). The highest BCUT2D eigenvalue weighted by Crippen LogP contribution is 2.30. The molecule has 1 aliphatic heterocycles. The summed E-state index contributed by atoms with van der Waals surface area (Å²) < 4.78 is 0. The van der Waals surface area contributed by atoms with Crippen molar-refractivity contribution in [1.82, 2.24) is 10.3 Å². The molecule has 0 atom stereocenters. The van der Waals surface area contributed by atoms with Crippen molar-refractivity contribution in [2.24, 2.45) is 0 Å². The minimum absolute atomic E-state index is 0.0885. The first kappa shape index (κ1) is 12.8. The van der Waals surface area contributed by atoms with Gasteiger partial charge in [0.05, 0.1) is 4.92 Å². The van der Waals surface area contributed by atoms with Crippen LogP contribution < -0.4 is 10.2 Å². The Kier molecular flexibility index (Phi) is 3.47. The molecule has 6 nitrogen and oxygen atoms in total. The third-order valence-electron chi connectivity index (χ3n) is 3.73. The summed E-state index contributed by atoms with van der Waals surface area (Å²) in [7, 11) is 1.96. The molecule has 0 spiro atoms. The Labute approximate surface area is 106 Å². The van der Waals surface area contributed by atoms with Crippen LogP contribution >= 0.6 is 0 Å². The van der Waals surface area contributed by atoms with Gasteiger partial charge in [-0.2, -0.15) is 0 Å². The van der Waals surface area contributed by atoms with E-state index < -0.39 is 0 Å². The predicted octanol–water partition coefficient (Wildman–Crippen LogP) is 1.57. The molecule has 18 heavy (non-hydrogen) atoms. The van der Waals surface area contributed by atoms with Gasteiger partial charge in [0.1, 0.15) is 0 Å². The number of rotatable bonds is 3. The molecule has 1 saturated heterocycles. The minimum Gasteiger partial charge on any atom is -0.351 e. The number of nitrogens with one attached hydrogen (secondary N) is 1. The molecule has 1 fully saturated rings. The molecular weight excluding hydrogens is 232 g/mol. The molecule has 98 valence electrons. The molecule has 0 amide bonds. The first-order chi connectivity index (χ1) is 8.56. The van der Waals surface area contributed by atoms with E-state index in [0.29, 0.717) is 5.82 Å². The van der Waals surface area contributed by atoms with E-state index in [9.17, 15) is 10.1 Å². The second-order valence-electron chi connectivity index (χ2n) is 4.90. The van der Waals surface area contributed by atoms with Crippen LogP contribution in [0, 0.1) is 10.1 Å². The van der Waals surface area contributed by atoms with Crippen LogP contribution in [0.3, 0.4) is 0 Å². The van der Waals surface area contributed by atoms with Gasteiger partial charge in [-0.1, -0.05) is 0 Å². The van der Waals surface area contributed by atoms with Gasteiger partial charge in [-0.3, -0.25) is 10.1 Å². The van der Waals surface area contributed by atoms with Crippen molar-refractivity contribution in [3.05, 3.63) is 28.4 Å². The molecule has 1 N–H and O–H groups in total. The van der Waals surface area contributed by atoms with Gasteiger partial charge in [-0.15, -0.1) is 0 Å². The second kappa shape index (κ2) is 4.89. The van der Waals surface area contributed by atoms with Gasteiger partial charge in [-0.05, 0) is 32.9 Å². The zero-order chi connectivity index (χ0) is 13.2. The van der Waals surface area contributed by atoms with Crippen LogP contribution in [0.5, 0.6) is 0 Å². The third kappa shape index (κ3) is 2.43. The fourth-order valence-corrected chi connectivity index (χ4v) is 2.24. The molecular formula is C12H18N4O2. The monoisotopic (exact) mass is 250 g/mol. The highest BCUT2D eigenvalue weighted by molar-refractivity contribution is 5.57. The van der Waals surface area contributed by atoms with Crippen LogP contribution in [-0.2, 0) is 0 Å². The van der Waals surface area contributed by atoms with Gasteiger partial charge in [0.25, 0.3) is 0 Å². The summed E-state index contributed by atoms with van der Waals surface area (Å²) in [6.45, 7) is 3.75. The lowest BCUT2D eigenvalue weighted by Crippen LogP contribution is -2.50. The van der Waals surface area contributed by atoms with Gasteiger partial charge in [0.15, 0.2) is 0 Å². The number of piperidine rings is 1. The van der Waals surface area contributed by atoms with Crippen molar-refractivity contribution in [2.75, 3.05) is 25.0 Å². The van der Waals surface area contributed by atoms with E-state index in [-0.39, 0.29) is 16.1 Å². The molecule has 0 radical (unpaired) electrons. The molecule has 0 unspecified atom stereocenters. The average Bonchev–Trinajstić information content (AvgIpc) is 2.39. The highest BCUT2D eigenvalue weighted by Gasteiger charge is 2.31. The lowest BCUT2D eigenvalue weighted by atomic mass is 9.90. The zero-order valence-electron chi connectivity index (χ0n) is 10.7. The smallest absolute Gasteiger partial charge is 0.311 e. The maximum Gasteiger partial charge on any atom is 0.311 e. The predicted molar refractivity (Wildman–Crippen MR) is 69.8 cm³/mol. The first-order valence-corrected chi connectivity index (χ1v) is 6.09. The number of aromatic nitrogens is 1. The summed E-state index contributed by atoms with van der Waals surface area (Å²) in [5.74, 6) is 0.487. The number of nitro groups is 1. The second-order valence-corrected chi connectivity index (χ2v) is 4.90. The number of hydrogen-bond acceptors (Lipinski definition) is 5. The van der Waals surface area contributed by atoms with Crippen molar-refractivity contribution < 1.29 is 4.92 Å². The van der Waals surface area contributed by atoms with Gasteiger partial charge in [-0.25, -0.2) is 4.98 Å². The van der Waals surface area contributed by atoms with Crippen molar-refractivity contribution in [1.29, 1.82) is 0 Å². The quantitative estimate of drug-likeness (QED) is 0.651. The molecule has 6 heteroatoms. The maximum absolute atomic E-state index is 11.0. The lowest BCUT2D eigenvalue weighted by molar-refractivity contribution is -0.384. The van der Waals surface area contributed by atoms with Crippen LogP contribution in [0.15, 0.2) is 18.3 Å². The van der Waals surface area contributed by atoms with E-state index in [2.05, 4.69) is 17.2 Å². The fraction of sp³-hybridized carbons (Fsp3) is 0.583. The Bertz CT molecular complexity index is 441. The summed E-state index contributed by atoms with van der Waals surface area (Å²) in [6, 6.07) is 3.11. The largest absolute Gasteiger partial charge is 0.351 e. The Morgan fingerprint density at radius 3 is 2.72 bits per heavy atom. The normalized spacial score (nSPS) is 18.7. The first-order valence-electron chi connectivity index (χ1n) is 6.09. The van der Waals surface area contributed by atoms with E-state index in [1.807, 2.05) is 11.9 Å². The van der Waals surface area contributed by atoms with E-state index in [1.54, 1.807) is 12.3 Å². The average molecular weight is 250 g/mol. The van der Waals surface area contributed by atoms with Crippen molar-refractivity contribution >= 4 is 11.5 Å². The van der Waals surface area contributed by atoms with Crippen LogP contribution in [-0.4, -0.2) is 35.6 Å². The van der Waals surface area contributed by atoms with Gasteiger partial charge < -0.3 is 10.2 Å². The van der Waals surface area contributed by atoms with Crippen LogP contribution in [0.1, 0.15) is 19.8 Å². The standard InChI is InChI=1S/C12H18N4O2/c1-12(13-2)5-8-15(9-6-12)11-10(16(17)18)4-3-7-14-11/h3-4,7,13H,5-6,8-9H2,1-2H3. The van der Waals surface area contributed by atoms with Crippen LogP contribution in [0.4, 0.5) is 11.5 Å². The van der Waals surface area contributed by atoms with E-state index in [4.69, 9.17) is 0 Å². The fourth-order valence-electron chi connectivity index (χ4n) is 2.24. The van der Waals surface area contributed by atoms with E-state index in [1.165, 1.54) is 6.07 Å². The number of hydrogen-bond donors (Lipinski definition) is 1. The van der Waals surface area contributed by atoms with Crippen molar-refractivity contribution in [2.45, 2.75) is 25.3 Å². The van der Waals surface area contributed by atoms with Gasteiger partial charge >= 0.3 is 5.69 Å². The molecule has 1 aliphatic rings. The van der Waals surface area contributed by atoms with Crippen LogP contribution in [0.25, 0.3) is 0 Å². The SMILES string of the molecule is CNC1(C)CCN(c2ncccc2[N+](=O)[O-])CC1. The Hall–Kier alpha value is -1.69. The summed E-state index contributed by atoms with van der Waals surface area (Å²) in [5, 5.41) is 14.3.